The Bertz CT molecular complexity index is 328. The first-order valence-corrected chi connectivity index (χ1v) is 3.85. The topological polar surface area (TPSA) is 69.6 Å². The molecule has 1 rings (SSSR count). The highest BCUT2D eigenvalue weighted by atomic mass is 35.5. The largest absolute Gasteiger partial charge is 0.504 e. The second-order valence-electron chi connectivity index (χ2n) is 2.63. The molecule has 0 heterocycles. The number of ketones is 1. The monoisotopic (exact) mass is 217 g/mol. The van der Waals surface area contributed by atoms with Gasteiger partial charge in [-0.25, -0.2) is 0 Å². The summed E-state index contributed by atoms with van der Waals surface area (Å²) in [6.07, 6.45) is 0. The van der Waals surface area contributed by atoms with E-state index in [1.807, 2.05) is 0 Å². The first-order valence-electron chi connectivity index (χ1n) is 3.85. The zero-order chi connectivity index (χ0) is 9.84. The van der Waals surface area contributed by atoms with Crippen LogP contribution in [0.2, 0.25) is 0 Å². The van der Waals surface area contributed by atoms with Gasteiger partial charge in [0, 0.05) is 0 Å². The molecule has 5 heteroatoms. The van der Waals surface area contributed by atoms with E-state index in [1.165, 1.54) is 18.2 Å². The van der Waals surface area contributed by atoms with E-state index in [-0.39, 0.29) is 41.8 Å². The number of aromatic hydroxyl groups is 2. The maximum Gasteiger partial charge on any atom is 0.180 e. The van der Waals surface area contributed by atoms with E-state index in [9.17, 15) is 9.90 Å². The van der Waals surface area contributed by atoms with Crippen LogP contribution in [0, 0.1) is 0 Å². The molecule has 14 heavy (non-hydrogen) atoms. The minimum absolute atomic E-state index is 0. The van der Waals surface area contributed by atoms with E-state index in [2.05, 4.69) is 5.32 Å². The molecule has 4 nitrogen and oxygen atoms in total. The number of Topliss-reactive ketones (excluding diaryl/α,β-unsaturated/α-hetero) is 1. The number of para-hydroxylation sites is 1. The van der Waals surface area contributed by atoms with Crippen molar-refractivity contribution in [1.29, 1.82) is 0 Å². The number of nitrogens with one attached hydrogen (secondary N) is 1. The average Bonchev–Trinajstić information content (AvgIpc) is 2.10. The summed E-state index contributed by atoms with van der Waals surface area (Å²) in [6, 6.07) is 4.30. The zero-order valence-corrected chi connectivity index (χ0v) is 8.47. The summed E-state index contributed by atoms with van der Waals surface area (Å²) in [5.74, 6) is -0.888. The van der Waals surface area contributed by atoms with E-state index in [0.29, 0.717) is 0 Å². The molecule has 0 aliphatic rings. The fourth-order valence-corrected chi connectivity index (χ4v) is 1.01. The van der Waals surface area contributed by atoms with Gasteiger partial charge in [-0.05, 0) is 19.2 Å². The molecule has 0 aromatic heterocycles. The number of likely N-dealkylation sites (N-methyl/N-ethyl adjacent to an activating group) is 1. The van der Waals surface area contributed by atoms with Crippen LogP contribution in [-0.2, 0) is 0 Å². The van der Waals surface area contributed by atoms with Gasteiger partial charge in [0.05, 0.1) is 12.1 Å². The molecular weight excluding hydrogens is 206 g/mol. The van der Waals surface area contributed by atoms with Crippen LogP contribution >= 0.6 is 12.4 Å². The first-order chi connectivity index (χ1) is 6.16. The van der Waals surface area contributed by atoms with Gasteiger partial charge in [-0.1, -0.05) is 6.07 Å². The first kappa shape index (κ1) is 12.7. The summed E-state index contributed by atoms with van der Waals surface area (Å²) < 4.78 is 0. The van der Waals surface area contributed by atoms with E-state index in [0.717, 1.165) is 0 Å². The standard InChI is InChI=1S/C9H11NO3.ClH/c1-10-5-8(12)6-3-2-4-7(11)9(6)13;/h2-4,10-11,13H,5H2,1H3;1H. The minimum atomic E-state index is -0.359. The van der Waals surface area contributed by atoms with Gasteiger partial charge in [0.1, 0.15) is 0 Å². The van der Waals surface area contributed by atoms with Crippen LogP contribution < -0.4 is 5.32 Å². The molecule has 0 bridgehead atoms. The third kappa shape index (κ3) is 2.61. The van der Waals surface area contributed by atoms with Crippen molar-refractivity contribution in [3.05, 3.63) is 23.8 Å². The highest BCUT2D eigenvalue weighted by Crippen LogP contribution is 2.28. The lowest BCUT2D eigenvalue weighted by atomic mass is 10.1. The summed E-state index contributed by atoms with van der Waals surface area (Å²) in [6.45, 7) is 0.136. The number of rotatable bonds is 3. The molecule has 0 amide bonds. The lowest BCUT2D eigenvalue weighted by molar-refractivity contribution is 0.0990. The lowest BCUT2D eigenvalue weighted by Crippen LogP contribution is -2.18. The maximum absolute atomic E-state index is 11.3. The molecule has 0 atom stereocenters. The quantitative estimate of drug-likeness (QED) is 0.520. The number of carbonyl (C=O) groups excluding carboxylic acids is 1. The van der Waals surface area contributed by atoms with Gasteiger partial charge in [0.25, 0.3) is 0 Å². The SMILES string of the molecule is CNCC(=O)c1cccc(O)c1O.Cl. The predicted molar refractivity (Wildman–Crippen MR) is 55.3 cm³/mol. The molecule has 0 radical (unpaired) electrons. The number of phenols is 2. The highest BCUT2D eigenvalue weighted by Gasteiger charge is 2.12. The van der Waals surface area contributed by atoms with Crippen LogP contribution in [-0.4, -0.2) is 29.6 Å². The number of halogens is 1. The molecule has 1 aromatic carbocycles. The Labute approximate surface area is 88.0 Å². The number of hydrogen-bond acceptors (Lipinski definition) is 4. The van der Waals surface area contributed by atoms with Crippen LogP contribution in [0.5, 0.6) is 11.5 Å². The molecule has 0 saturated heterocycles. The molecule has 1 aromatic rings. The van der Waals surface area contributed by atoms with Crippen LogP contribution in [0.25, 0.3) is 0 Å². The summed E-state index contributed by atoms with van der Waals surface area (Å²) >= 11 is 0. The van der Waals surface area contributed by atoms with Crippen LogP contribution in [0.3, 0.4) is 0 Å². The van der Waals surface area contributed by atoms with E-state index in [4.69, 9.17) is 5.11 Å². The zero-order valence-electron chi connectivity index (χ0n) is 7.65. The lowest BCUT2D eigenvalue weighted by Gasteiger charge is -2.03. The smallest absolute Gasteiger partial charge is 0.180 e. The normalized spacial score (nSPS) is 9.21. The summed E-state index contributed by atoms with van der Waals surface area (Å²) in [7, 11) is 1.64. The Hall–Kier alpha value is -1.26. The van der Waals surface area contributed by atoms with Gasteiger partial charge < -0.3 is 15.5 Å². The van der Waals surface area contributed by atoms with Gasteiger partial charge in [-0.3, -0.25) is 4.79 Å². The third-order valence-electron chi connectivity index (χ3n) is 1.65. The molecule has 0 fully saturated rings. The third-order valence-corrected chi connectivity index (χ3v) is 1.65. The summed E-state index contributed by atoms with van der Waals surface area (Å²) in [4.78, 5) is 11.3. The molecule has 3 N–H and O–H groups in total. The average molecular weight is 218 g/mol. The number of hydrogen-bond donors (Lipinski definition) is 3. The van der Waals surface area contributed by atoms with Crippen LogP contribution in [0.4, 0.5) is 0 Å². The Morgan fingerprint density at radius 1 is 1.43 bits per heavy atom. The Balaban J connectivity index is 0.00000169. The van der Waals surface area contributed by atoms with Crippen molar-refractivity contribution in [1.82, 2.24) is 5.32 Å². The Morgan fingerprint density at radius 3 is 2.64 bits per heavy atom. The molecule has 0 saturated carbocycles. The molecule has 78 valence electrons. The van der Waals surface area contributed by atoms with Crippen LogP contribution in [0.1, 0.15) is 10.4 Å². The van der Waals surface area contributed by atoms with Crippen molar-refractivity contribution < 1.29 is 15.0 Å². The highest BCUT2D eigenvalue weighted by molar-refractivity contribution is 6.00. The van der Waals surface area contributed by atoms with Gasteiger partial charge in [0.2, 0.25) is 0 Å². The van der Waals surface area contributed by atoms with Crippen molar-refractivity contribution in [3.63, 3.8) is 0 Å². The van der Waals surface area contributed by atoms with Gasteiger partial charge in [0.15, 0.2) is 17.3 Å². The van der Waals surface area contributed by atoms with Crippen molar-refractivity contribution in [3.8, 4) is 11.5 Å². The summed E-state index contributed by atoms with van der Waals surface area (Å²) in [5.41, 5.74) is 0.134. The van der Waals surface area contributed by atoms with Crippen molar-refractivity contribution in [2.24, 2.45) is 0 Å². The Morgan fingerprint density at radius 2 is 2.07 bits per heavy atom. The van der Waals surface area contributed by atoms with Crippen LogP contribution in [0.15, 0.2) is 18.2 Å². The van der Waals surface area contributed by atoms with E-state index in [1.54, 1.807) is 7.05 Å². The van der Waals surface area contributed by atoms with Gasteiger partial charge in [-0.2, -0.15) is 0 Å². The van der Waals surface area contributed by atoms with Crippen molar-refractivity contribution >= 4 is 18.2 Å². The number of phenolic OH excluding ortho intramolecular Hbond substituents is 2. The minimum Gasteiger partial charge on any atom is -0.504 e. The molecule has 0 unspecified atom stereocenters. The summed E-state index contributed by atoms with van der Waals surface area (Å²) in [5, 5.41) is 21.1. The molecule has 0 aliphatic heterocycles. The van der Waals surface area contributed by atoms with Gasteiger partial charge >= 0.3 is 0 Å². The fraction of sp³-hybridized carbons (Fsp3) is 0.222. The maximum atomic E-state index is 11.3. The van der Waals surface area contributed by atoms with Gasteiger partial charge in [-0.15, -0.1) is 12.4 Å². The van der Waals surface area contributed by atoms with Crippen molar-refractivity contribution in [2.45, 2.75) is 0 Å². The number of benzene rings is 1. The second kappa shape index (κ2) is 5.47. The van der Waals surface area contributed by atoms with Crippen molar-refractivity contribution in [2.75, 3.05) is 13.6 Å². The molecule has 0 aliphatic carbocycles. The van der Waals surface area contributed by atoms with E-state index < -0.39 is 0 Å². The predicted octanol–water partition coefficient (Wildman–Crippen LogP) is 0.922. The number of carbonyl (C=O) groups is 1. The molecular formula is C9H12ClNO3. The fourth-order valence-electron chi connectivity index (χ4n) is 1.01. The van der Waals surface area contributed by atoms with E-state index >= 15 is 0 Å². The molecule has 0 spiro atoms. The second-order valence-corrected chi connectivity index (χ2v) is 2.63. The Kier molecular flexibility index (Phi) is 4.97.